The molecule has 2 aliphatic rings. The van der Waals surface area contributed by atoms with Crippen molar-refractivity contribution in [3.05, 3.63) is 65.7 Å². The van der Waals surface area contributed by atoms with E-state index in [1.807, 2.05) is 54.6 Å². The molecule has 9 heteroatoms. The Morgan fingerprint density at radius 3 is 2.41 bits per heavy atom. The zero-order valence-corrected chi connectivity index (χ0v) is 21.5. The number of carbonyl (C=O) groups is 2. The van der Waals surface area contributed by atoms with Crippen LogP contribution < -0.4 is 10.1 Å². The fourth-order valence-electron chi connectivity index (χ4n) is 4.54. The Morgan fingerprint density at radius 2 is 1.78 bits per heavy atom. The lowest BCUT2D eigenvalue weighted by molar-refractivity contribution is -0.340. The maximum absolute atomic E-state index is 12.2. The SMILES string of the molecule is CC[C@H](C)c1ccc(O[C@@H]2O[C@@H]3CO[C@H](c4ccccc4)O[C@@H]3[C@H](O[C@@H](C)C(=O)O)[C@H]2NC(C)=O)cc1. The third-order valence-corrected chi connectivity index (χ3v) is 6.80. The molecule has 200 valence electrons. The third-order valence-electron chi connectivity index (χ3n) is 6.80. The lowest BCUT2D eigenvalue weighted by atomic mass is 9.95. The molecule has 2 aromatic carbocycles. The summed E-state index contributed by atoms with van der Waals surface area (Å²) in [7, 11) is 0. The van der Waals surface area contributed by atoms with E-state index in [9.17, 15) is 14.7 Å². The molecule has 0 aliphatic carbocycles. The predicted molar refractivity (Wildman–Crippen MR) is 134 cm³/mol. The highest BCUT2D eigenvalue weighted by atomic mass is 16.8. The first kappa shape index (κ1) is 27.1. The quantitative estimate of drug-likeness (QED) is 0.521. The summed E-state index contributed by atoms with van der Waals surface area (Å²) < 4.78 is 30.6. The van der Waals surface area contributed by atoms with E-state index in [1.165, 1.54) is 19.4 Å². The van der Waals surface area contributed by atoms with Gasteiger partial charge < -0.3 is 34.1 Å². The van der Waals surface area contributed by atoms with Crippen molar-refractivity contribution in [2.24, 2.45) is 0 Å². The summed E-state index contributed by atoms with van der Waals surface area (Å²) >= 11 is 0. The molecule has 0 bridgehead atoms. The molecule has 2 N–H and O–H groups in total. The molecule has 1 amide bonds. The highest BCUT2D eigenvalue weighted by Gasteiger charge is 2.52. The van der Waals surface area contributed by atoms with E-state index < -0.39 is 49.0 Å². The summed E-state index contributed by atoms with van der Waals surface area (Å²) in [5.74, 6) is -0.502. The average Bonchev–Trinajstić information content (AvgIpc) is 2.90. The Balaban J connectivity index is 1.62. The topological polar surface area (TPSA) is 113 Å². The molecule has 2 fully saturated rings. The first-order valence-corrected chi connectivity index (χ1v) is 12.7. The first-order chi connectivity index (χ1) is 17.8. The fraction of sp³-hybridized carbons (Fsp3) is 0.500. The van der Waals surface area contributed by atoms with Gasteiger partial charge in [0.2, 0.25) is 12.2 Å². The van der Waals surface area contributed by atoms with Crippen molar-refractivity contribution in [1.29, 1.82) is 0 Å². The Labute approximate surface area is 217 Å². The summed E-state index contributed by atoms with van der Waals surface area (Å²) in [5.41, 5.74) is 2.00. The van der Waals surface area contributed by atoms with Crippen LogP contribution in [0, 0.1) is 0 Å². The lowest BCUT2D eigenvalue weighted by Crippen LogP contribution is -2.68. The number of amides is 1. The van der Waals surface area contributed by atoms with Crippen LogP contribution in [0.3, 0.4) is 0 Å². The molecule has 37 heavy (non-hydrogen) atoms. The normalized spacial score (nSPS) is 29.0. The van der Waals surface area contributed by atoms with Gasteiger partial charge in [0, 0.05) is 12.5 Å². The van der Waals surface area contributed by atoms with Crippen molar-refractivity contribution >= 4 is 11.9 Å². The molecule has 2 heterocycles. The molecule has 9 nitrogen and oxygen atoms in total. The lowest BCUT2D eigenvalue weighted by Gasteiger charge is -2.49. The molecule has 0 saturated carbocycles. The van der Waals surface area contributed by atoms with E-state index >= 15 is 0 Å². The monoisotopic (exact) mass is 513 g/mol. The van der Waals surface area contributed by atoms with Crippen LogP contribution >= 0.6 is 0 Å². The zero-order valence-electron chi connectivity index (χ0n) is 21.5. The number of hydrogen-bond donors (Lipinski definition) is 2. The summed E-state index contributed by atoms with van der Waals surface area (Å²) in [4.78, 5) is 23.9. The van der Waals surface area contributed by atoms with Gasteiger partial charge in [0.15, 0.2) is 12.4 Å². The van der Waals surface area contributed by atoms with Crippen LogP contribution in [0.1, 0.15) is 57.5 Å². The molecular formula is C28H35NO8. The number of fused-ring (bicyclic) bond motifs is 1. The van der Waals surface area contributed by atoms with Crippen LogP contribution in [0.25, 0.3) is 0 Å². The Hall–Kier alpha value is -2.98. The van der Waals surface area contributed by atoms with Gasteiger partial charge >= 0.3 is 5.97 Å². The molecule has 2 aromatic rings. The molecule has 0 aromatic heterocycles. The molecule has 0 radical (unpaired) electrons. The van der Waals surface area contributed by atoms with Crippen LogP contribution in [0.15, 0.2) is 54.6 Å². The number of carboxylic acid groups (broad SMARTS) is 1. The number of benzene rings is 2. The van der Waals surface area contributed by atoms with Crippen molar-refractivity contribution in [3.63, 3.8) is 0 Å². The summed E-state index contributed by atoms with van der Waals surface area (Å²) in [6.07, 6.45) is -4.01. The van der Waals surface area contributed by atoms with Gasteiger partial charge in [-0.3, -0.25) is 4.79 Å². The third kappa shape index (κ3) is 6.48. The van der Waals surface area contributed by atoms with Crippen molar-refractivity contribution in [2.75, 3.05) is 6.61 Å². The van der Waals surface area contributed by atoms with Crippen molar-refractivity contribution in [1.82, 2.24) is 5.32 Å². The van der Waals surface area contributed by atoms with Gasteiger partial charge in [-0.1, -0.05) is 56.3 Å². The molecular weight excluding hydrogens is 478 g/mol. The van der Waals surface area contributed by atoms with Crippen molar-refractivity contribution in [3.8, 4) is 5.75 Å². The second kappa shape index (κ2) is 12.0. The van der Waals surface area contributed by atoms with Crippen LogP contribution in [-0.4, -0.2) is 60.3 Å². The smallest absolute Gasteiger partial charge is 0.332 e. The van der Waals surface area contributed by atoms with Crippen LogP contribution in [0.4, 0.5) is 0 Å². The van der Waals surface area contributed by atoms with Gasteiger partial charge in [0.05, 0.1) is 6.61 Å². The van der Waals surface area contributed by atoms with E-state index in [0.717, 1.165) is 12.0 Å². The van der Waals surface area contributed by atoms with E-state index in [2.05, 4.69) is 19.2 Å². The minimum atomic E-state index is -1.16. The number of carboxylic acids is 1. The predicted octanol–water partition coefficient (Wildman–Crippen LogP) is 3.78. The van der Waals surface area contributed by atoms with Gasteiger partial charge in [-0.2, -0.15) is 0 Å². The second-order valence-electron chi connectivity index (χ2n) is 9.52. The summed E-state index contributed by atoms with van der Waals surface area (Å²) in [5, 5.41) is 12.4. The molecule has 2 aliphatic heterocycles. The fourth-order valence-corrected chi connectivity index (χ4v) is 4.54. The van der Waals surface area contributed by atoms with Crippen molar-refractivity contribution in [2.45, 2.75) is 83.1 Å². The van der Waals surface area contributed by atoms with E-state index in [1.54, 1.807) is 0 Å². The number of nitrogens with one attached hydrogen (secondary N) is 1. The van der Waals surface area contributed by atoms with Crippen LogP contribution in [-0.2, 0) is 28.5 Å². The minimum absolute atomic E-state index is 0.172. The molecule has 0 unspecified atom stereocenters. The Morgan fingerprint density at radius 1 is 1.08 bits per heavy atom. The Bertz CT molecular complexity index is 1050. The molecule has 8 atom stereocenters. The molecule has 4 rings (SSSR count). The van der Waals surface area contributed by atoms with E-state index in [-0.39, 0.29) is 12.5 Å². The van der Waals surface area contributed by atoms with E-state index in [4.69, 9.17) is 23.7 Å². The number of rotatable bonds is 9. The maximum Gasteiger partial charge on any atom is 0.332 e. The largest absolute Gasteiger partial charge is 0.479 e. The van der Waals surface area contributed by atoms with Crippen LogP contribution in [0.5, 0.6) is 5.75 Å². The highest BCUT2D eigenvalue weighted by molar-refractivity contribution is 5.73. The van der Waals surface area contributed by atoms with Gasteiger partial charge in [0.1, 0.15) is 30.1 Å². The zero-order chi connectivity index (χ0) is 26.5. The van der Waals surface area contributed by atoms with Gasteiger partial charge in [-0.15, -0.1) is 0 Å². The number of aliphatic carboxylic acids is 1. The van der Waals surface area contributed by atoms with Gasteiger partial charge in [-0.05, 0) is 37.0 Å². The Kier molecular flexibility index (Phi) is 8.81. The number of hydrogen-bond acceptors (Lipinski definition) is 7. The highest BCUT2D eigenvalue weighted by Crippen LogP contribution is 2.36. The maximum atomic E-state index is 12.2. The average molecular weight is 514 g/mol. The number of ether oxygens (including phenoxy) is 5. The summed E-state index contributed by atoms with van der Waals surface area (Å²) in [6.45, 7) is 7.28. The second-order valence-corrected chi connectivity index (χ2v) is 9.52. The van der Waals surface area contributed by atoms with Gasteiger partial charge in [-0.25, -0.2) is 4.79 Å². The standard InChI is InChI=1S/C28H35NO8/c1-5-16(2)19-11-13-21(14-12-19)35-28-23(29-18(4)30)25(34-17(3)26(31)32)24-22(36-28)15-33-27(37-24)20-9-7-6-8-10-20/h6-14,16-17,22-25,27-28H,5,15H2,1-4H3,(H,29,30)(H,31,32)/t16-,17-,22+,23+,24-,25+,27-,28+/m0/s1. The number of carbonyl (C=O) groups excluding carboxylic acids is 1. The van der Waals surface area contributed by atoms with Crippen LogP contribution in [0.2, 0.25) is 0 Å². The molecule has 0 spiro atoms. The summed E-state index contributed by atoms with van der Waals surface area (Å²) in [6, 6.07) is 16.3. The first-order valence-electron chi connectivity index (χ1n) is 12.7. The van der Waals surface area contributed by atoms with E-state index in [0.29, 0.717) is 11.7 Å². The minimum Gasteiger partial charge on any atom is -0.479 e. The molecule has 2 saturated heterocycles. The van der Waals surface area contributed by atoms with Crippen molar-refractivity contribution < 1.29 is 38.4 Å². The van der Waals surface area contributed by atoms with Gasteiger partial charge in [0.25, 0.3) is 0 Å².